The highest BCUT2D eigenvalue weighted by molar-refractivity contribution is 6.08. The summed E-state index contributed by atoms with van der Waals surface area (Å²) >= 11 is 0. The van der Waals surface area contributed by atoms with Gasteiger partial charge in [0.2, 0.25) is 5.71 Å². The number of hydrogen-bond donors (Lipinski definition) is 0. The second-order valence-corrected chi connectivity index (χ2v) is 10.3. The maximum atomic E-state index is 13.7. The Morgan fingerprint density at radius 3 is 2.29 bits per heavy atom. The summed E-state index contributed by atoms with van der Waals surface area (Å²) in [7, 11) is 1.78. The van der Waals surface area contributed by atoms with Crippen molar-refractivity contribution in [2.75, 3.05) is 7.05 Å². The second kappa shape index (κ2) is 8.51. The molecule has 38 heavy (non-hydrogen) atoms. The summed E-state index contributed by atoms with van der Waals surface area (Å²) in [6, 6.07) is 5.36. The molecule has 3 aromatic rings. The van der Waals surface area contributed by atoms with E-state index in [1.165, 1.54) is 12.2 Å². The molecule has 5 rings (SSSR count). The molecular formula is C29H26F6N2O. The van der Waals surface area contributed by atoms with Crippen LogP contribution in [-0.4, -0.2) is 35.3 Å². The first-order valence-electron chi connectivity index (χ1n) is 12.1. The minimum atomic E-state index is -5.46. The quantitative estimate of drug-likeness (QED) is 0.317. The van der Waals surface area contributed by atoms with Gasteiger partial charge in [0.25, 0.3) is 0 Å². The smallest absolute Gasteiger partial charge is 0.403 e. The Balaban J connectivity index is 1.65. The summed E-state index contributed by atoms with van der Waals surface area (Å²) in [6.07, 6.45) is -4.11. The van der Waals surface area contributed by atoms with E-state index in [4.69, 9.17) is 4.42 Å². The molecule has 1 atom stereocenters. The molecule has 0 N–H and O–H groups in total. The fraction of sp³-hybridized carbons (Fsp3) is 0.345. The van der Waals surface area contributed by atoms with Crippen LogP contribution in [0.4, 0.5) is 26.3 Å². The van der Waals surface area contributed by atoms with Crippen molar-refractivity contribution in [2.24, 2.45) is 5.41 Å². The molecule has 1 aromatic carbocycles. The molecule has 2 aromatic heterocycles. The summed E-state index contributed by atoms with van der Waals surface area (Å²) in [5.74, 6) is 0. The molecule has 0 spiro atoms. The Morgan fingerprint density at radius 2 is 1.63 bits per heavy atom. The van der Waals surface area contributed by atoms with Gasteiger partial charge in [0.1, 0.15) is 5.58 Å². The maximum Gasteiger partial charge on any atom is 0.403 e. The minimum absolute atomic E-state index is 0.00586. The molecule has 3 nitrogen and oxygen atoms in total. The van der Waals surface area contributed by atoms with E-state index in [1.54, 1.807) is 25.3 Å². The highest BCUT2D eigenvalue weighted by atomic mass is 19.4. The standard InChI is InChI=1S/C29H26F6N2O/c1-15-13-21-20-10-9-16(2)36-26(20)38-25(21)24(17(15)3)23-12-11-19-18(7-6-8-22(19)37(23)5)14-27(4,28(30,31)32)29(33,34)35/h6-13,22H,14H2,1-5H3. The molecule has 0 saturated carbocycles. The second-order valence-electron chi connectivity index (χ2n) is 10.3. The fourth-order valence-corrected chi connectivity index (χ4v) is 5.23. The van der Waals surface area contributed by atoms with E-state index in [-0.39, 0.29) is 12.5 Å². The van der Waals surface area contributed by atoms with Crippen molar-refractivity contribution in [3.63, 3.8) is 0 Å². The van der Waals surface area contributed by atoms with Gasteiger partial charge >= 0.3 is 12.4 Å². The van der Waals surface area contributed by atoms with Crippen LogP contribution in [0, 0.1) is 26.2 Å². The lowest BCUT2D eigenvalue weighted by molar-refractivity contribution is -0.333. The van der Waals surface area contributed by atoms with Crippen molar-refractivity contribution >= 4 is 27.8 Å². The minimum Gasteiger partial charge on any atom is -0.437 e. The van der Waals surface area contributed by atoms with E-state index in [2.05, 4.69) is 4.98 Å². The topological polar surface area (TPSA) is 29.3 Å². The van der Waals surface area contributed by atoms with Crippen LogP contribution in [0.2, 0.25) is 0 Å². The van der Waals surface area contributed by atoms with Gasteiger partial charge in [-0.25, -0.2) is 4.98 Å². The Morgan fingerprint density at radius 1 is 0.947 bits per heavy atom. The average Bonchev–Trinajstić information content (AvgIpc) is 3.16. The van der Waals surface area contributed by atoms with Gasteiger partial charge in [0.15, 0.2) is 5.41 Å². The Hall–Kier alpha value is -3.49. The van der Waals surface area contributed by atoms with Crippen LogP contribution in [0.5, 0.6) is 0 Å². The zero-order valence-electron chi connectivity index (χ0n) is 21.5. The lowest BCUT2D eigenvalue weighted by Crippen LogP contribution is -2.48. The molecule has 200 valence electrons. The van der Waals surface area contributed by atoms with Crippen molar-refractivity contribution in [3.8, 4) is 0 Å². The summed E-state index contributed by atoms with van der Waals surface area (Å²) in [5, 5.41) is 1.76. The summed E-state index contributed by atoms with van der Waals surface area (Å²) in [4.78, 5) is 6.38. The van der Waals surface area contributed by atoms with Gasteiger partial charge in [0, 0.05) is 34.8 Å². The Bertz CT molecular complexity index is 1570. The van der Waals surface area contributed by atoms with E-state index in [9.17, 15) is 26.3 Å². The third-order valence-electron chi connectivity index (χ3n) is 7.84. The van der Waals surface area contributed by atoms with Crippen molar-refractivity contribution in [1.29, 1.82) is 0 Å². The molecule has 0 saturated heterocycles. The van der Waals surface area contributed by atoms with Crippen LogP contribution < -0.4 is 0 Å². The normalized spacial score (nSPS) is 18.6. The van der Waals surface area contributed by atoms with Gasteiger partial charge in [-0.3, -0.25) is 0 Å². The van der Waals surface area contributed by atoms with Crippen molar-refractivity contribution in [1.82, 2.24) is 9.88 Å². The predicted octanol–water partition coefficient (Wildman–Crippen LogP) is 8.50. The molecule has 0 amide bonds. The molecule has 3 heterocycles. The van der Waals surface area contributed by atoms with Gasteiger partial charge in [0.05, 0.1) is 6.04 Å². The summed E-state index contributed by atoms with van der Waals surface area (Å²) in [5.41, 5.74) is 2.03. The van der Waals surface area contributed by atoms with Crippen LogP contribution in [0.3, 0.4) is 0 Å². The number of rotatable bonds is 3. The van der Waals surface area contributed by atoms with Crippen LogP contribution >= 0.6 is 0 Å². The number of pyridine rings is 1. The first-order chi connectivity index (χ1) is 17.6. The highest BCUT2D eigenvalue weighted by Gasteiger charge is 2.67. The number of fused-ring (bicyclic) bond motifs is 4. The highest BCUT2D eigenvalue weighted by Crippen LogP contribution is 2.55. The molecule has 2 aliphatic rings. The predicted molar refractivity (Wildman–Crippen MR) is 135 cm³/mol. The molecule has 1 aliphatic carbocycles. The first-order valence-corrected chi connectivity index (χ1v) is 12.1. The van der Waals surface area contributed by atoms with Gasteiger partial charge in [-0.05, 0) is 80.7 Å². The Kier molecular flexibility index (Phi) is 5.85. The number of nitrogens with zero attached hydrogens (tertiary/aromatic N) is 2. The van der Waals surface area contributed by atoms with E-state index in [0.717, 1.165) is 38.9 Å². The van der Waals surface area contributed by atoms with E-state index >= 15 is 0 Å². The monoisotopic (exact) mass is 532 g/mol. The molecule has 1 unspecified atom stereocenters. The van der Waals surface area contributed by atoms with Crippen LogP contribution in [0.25, 0.3) is 27.8 Å². The molecule has 0 radical (unpaired) electrons. The average molecular weight is 533 g/mol. The van der Waals surface area contributed by atoms with Crippen LogP contribution in [0.15, 0.2) is 64.1 Å². The number of aryl methyl sites for hydroxylation is 2. The van der Waals surface area contributed by atoms with Gasteiger partial charge in [-0.2, -0.15) is 26.3 Å². The fourth-order valence-electron chi connectivity index (χ4n) is 5.23. The number of benzene rings is 1. The van der Waals surface area contributed by atoms with E-state index in [1.807, 2.05) is 43.9 Å². The van der Waals surface area contributed by atoms with Crippen molar-refractivity contribution in [2.45, 2.75) is 52.5 Å². The van der Waals surface area contributed by atoms with Gasteiger partial charge in [-0.1, -0.05) is 24.3 Å². The van der Waals surface area contributed by atoms with Gasteiger partial charge < -0.3 is 9.32 Å². The van der Waals surface area contributed by atoms with Crippen LogP contribution in [-0.2, 0) is 0 Å². The third kappa shape index (κ3) is 3.85. The molecule has 0 fully saturated rings. The lowest BCUT2D eigenvalue weighted by atomic mass is 9.76. The maximum absolute atomic E-state index is 13.7. The van der Waals surface area contributed by atoms with Crippen molar-refractivity contribution < 1.29 is 30.8 Å². The number of allylic oxidation sites excluding steroid dienone is 4. The molecule has 1 aliphatic heterocycles. The lowest BCUT2D eigenvalue weighted by Gasteiger charge is -2.40. The molecule has 9 heteroatoms. The SMILES string of the molecule is Cc1ccc2c(n1)oc1c(C3=CC=C4C(CC(C)(C(F)(F)F)C(F)(F)F)=CC=CC4N3C)c(C)c(C)cc12. The zero-order chi connectivity index (χ0) is 27.8. The van der Waals surface area contributed by atoms with E-state index in [0.29, 0.717) is 16.9 Å². The van der Waals surface area contributed by atoms with Crippen molar-refractivity contribution in [3.05, 3.63) is 82.1 Å². The summed E-state index contributed by atoms with van der Waals surface area (Å²) in [6.45, 7) is 6.04. The number of hydrogen-bond acceptors (Lipinski definition) is 3. The van der Waals surface area contributed by atoms with Gasteiger partial charge in [-0.15, -0.1) is 0 Å². The zero-order valence-corrected chi connectivity index (χ0v) is 21.5. The van der Waals surface area contributed by atoms with Crippen LogP contribution in [0.1, 0.15) is 35.7 Å². The number of halogens is 6. The number of alkyl halides is 6. The number of aromatic nitrogens is 1. The largest absolute Gasteiger partial charge is 0.437 e. The molecule has 0 bridgehead atoms. The number of furan rings is 1. The summed E-state index contributed by atoms with van der Waals surface area (Å²) < 4.78 is 88.2. The number of likely N-dealkylation sites (N-methyl/N-ethyl adjacent to an activating group) is 1. The Labute approximate surface area is 215 Å². The first kappa shape index (κ1) is 26.1. The van der Waals surface area contributed by atoms with E-state index < -0.39 is 30.2 Å². The molecular weight excluding hydrogens is 506 g/mol. The third-order valence-corrected chi connectivity index (χ3v) is 7.84.